The van der Waals surface area contributed by atoms with E-state index in [4.69, 9.17) is 9.52 Å². The van der Waals surface area contributed by atoms with Gasteiger partial charge < -0.3 is 9.52 Å². The van der Waals surface area contributed by atoms with Gasteiger partial charge in [-0.25, -0.2) is 4.98 Å². The number of aliphatic hydroxyl groups is 1. The monoisotopic (exact) mass is 206 g/mol. The van der Waals surface area contributed by atoms with E-state index in [0.717, 1.165) is 0 Å². The van der Waals surface area contributed by atoms with E-state index in [-0.39, 0.29) is 12.2 Å². The normalized spacial score (nSPS) is 10.5. The van der Waals surface area contributed by atoms with Crippen molar-refractivity contribution < 1.29 is 9.52 Å². The fourth-order valence-corrected chi connectivity index (χ4v) is 1.26. The lowest BCUT2D eigenvalue weighted by molar-refractivity contribution is 0.243. The van der Waals surface area contributed by atoms with Gasteiger partial charge in [-0.05, 0) is 12.1 Å². The summed E-state index contributed by atoms with van der Waals surface area (Å²) in [5.74, 6) is 1.11. The average molecular weight is 206 g/mol. The minimum atomic E-state index is -0.137. The maximum absolute atomic E-state index is 11.3. The summed E-state index contributed by atoms with van der Waals surface area (Å²) in [6.07, 6.45) is 2.89. The van der Waals surface area contributed by atoms with E-state index in [1.165, 1.54) is 23.2 Å². The summed E-state index contributed by atoms with van der Waals surface area (Å²) in [6, 6.07) is 4.79. The SMILES string of the molecule is O=c1ccncn1Cc1ccc(CO)o1. The zero-order valence-corrected chi connectivity index (χ0v) is 7.96. The van der Waals surface area contributed by atoms with Gasteiger partial charge in [-0.2, -0.15) is 0 Å². The fraction of sp³-hybridized carbons (Fsp3) is 0.200. The maximum atomic E-state index is 11.3. The molecule has 2 heterocycles. The van der Waals surface area contributed by atoms with Crippen molar-refractivity contribution in [1.29, 1.82) is 0 Å². The van der Waals surface area contributed by atoms with E-state index in [9.17, 15) is 4.79 Å². The zero-order valence-electron chi connectivity index (χ0n) is 7.96. The van der Waals surface area contributed by atoms with E-state index in [2.05, 4.69) is 4.98 Å². The third-order valence-electron chi connectivity index (χ3n) is 1.99. The number of aromatic nitrogens is 2. The van der Waals surface area contributed by atoms with Crippen molar-refractivity contribution in [2.45, 2.75) is 13.2 Å². The molecule has 15 heavy (non-hydrogen) atoms. The van der Waals surface area contributed by atoms with E-state index < -0.39 is 0 Å². The van der Waals surface area contributed by atoms with Gasteiger partial charge in [0, 0.05) is 12.3 Å². The van der Waals surface area contributed by atoms with Gasteiger partial charge >= 0.3 is 0 Å². The molecule has 78 valence electrons. The molecule has 0 atom stereocenters. The molecule has 0 amide bonds. The predicted molar refractivity (Wildman–Crippen MR) is 52.2 cm³/mol. The summed E-state index contributed by atoms with van der Waals surface area (Å²) in [5, 5.41) is 8.80. The van der Waals surface area contributed by atoms with Crippen molar-refractivity contribution in [3.8, 4) is 0 Å². The van der Waals surface area contributed by atoms with Crippen LogP contribution in [0.1, 0.15) is 11.5 Å². The van der Waals surface area contributed by atoms with Crippen LogP contribution in [0.15, 0.2) is 39.9 Å². The molecule has 0 radical (unpaired) electrons. The van der Waals surface area contributed by atoms with Gasteiger partial charge in [0.25, 0.3) is 5.56 Å². The van der Waals surface area contributed by atoms with Gasteiger partial charge in [0.05, 0.1) is 12.9 Å². The van der Waals surface area contributed by atoms with Crippen molar-refractivity contribution in [2.24, 2.45) is 0 Å². The van der Waals surface area contributed by atoms with Crippen LogP contribution in [-0.2, 0) is 13.2 Å². The second kappa shape index (κ2) is 4.10. The summed E-state index contributed by atoms with van der Waals surface area (Å²) < 4.78 is 6.68. The molecule has 5 nitrogen and oxygen atoms in total. The van der Waals surface area contributed by atoms with Crippen LogP contribution in [0.25, 0.3) is 0 Å². The van der Waals surface area contributed by atoms with Crippen LogP contribution in [0, 0.1) is 0 Å². The summed E-state index contributed by atoms with van der Waals surface area (Å²) >= 11 is 0. The molecule has 0 aliphatic carbocycles. The van der Waals surface area contributed by atoms with Crippen molar-refractivity contribution in [2.75, 3.05) is 0 Å². The minimum absolute atomic E-state index is 0.132. The van der Waals surface area contributed by atoms with Crippen molar-refractivity contribution in [3.05, 3.63) is 52.6 Å². The number of aliphatic hydroxyl groups excluding tert-OH is 1. The summed E-state index contributed by atoms with van der Waals surface area (Å²) in [4.78, 5) is 15.2. The Morgan fingerprint density at radius 3 is 2.80 bits per heavy atom. The molecular formula is C10H10N2O3. The Bertz CT molecular complexity index is 501. The van der Waals surface area contributed by atoms with Crippen LogP contribution >= 0.6 is 0 Å². The maximum Gasteiger partial charge on any atom is 0.253 e. The summed E-state index contributed by atoms with van der Waals surface area (Å²) in [7, 11) is 0. The van der Waals surface area contributed by atoms with Gasteiger partial charge in [-0.15, -0.1) is 0 Å². The second-order valence-electron chi connectivity index (χ2n) is 3.07. The van der Waals surface area contributed by atoms with Crippen LogP contribution < -0.4 is 5.56 Å². The first kappa shape index (κ1) is 9.67. The molecule has 0 aliphatic heterocycles. The number of hydrogen-bond acceptors (Lipinski definition) is 4. The molecular weight excluding hydrogens is 196 g/mol. The first-order valence-electron chi connectivity index (χ1n) is 4.48. The van der Waals surface area contributed by atoms with E-state index in [0.29, 0.717) is 18.1 Å². The first-order chi connectivity index (χ1) is 7.29. The molecule has 2 aromatic rings. The largest absolute Gasteiger partial charge is 0.462 e. The minimum Gasteiger partial charge on any atom is -0.462 e. The Balaban J connectivity index is 2.22. The lowest BCUT2D eigenvalue weighted by atomic mass is 10.4. The highest BCUT2D eigenvalue weighted by atomic mass is 16.4. The highest BCUT2D eigenvalue weighted by Gasteiger charge is 2.02. The molecule has 2 rings (SSSR count). The van der Waals surface area contributed by atoms with Crippen molar-refractivity contribution >= 4 is 0 Å². The molecule has 0 unspecified atom stereocenters. The smallest absolute Gasteiger partial charge is 0.253 e. The van der Waals surface area contributed by atoms with Gasteiger partial charge in [-0.3, -0.25) is 9.36 Å². The van der Waals surface area contributed by atoms with Crippen LogP contribution in [0.3, 0.4) is 0 Å². The zero-order chi connectivity index (χ0) is 10.7. The van der Waals surface area contributed by atoms with E-state index in [1.54, 1.807) is 12.1 Å². The molecule has 2 aromatic heterocycles. The van der Waals surface area contributed by atoms with Gasteiger partial charge in [0.15, 0.2) is 0 Å². The lowest BCUT2D eigenvalue weighted by Gasteiger charge is -2.00. The molecule has 1 N–H and O–H groups in total. The van der Waals surface area contributed by atoms with Gasteiger partial charge in [-0.1, -0.05) is 0 Å². The lowest BCUT2D eigenvalue weighted by Crippen LogP contribution is -2.18. The highest BCUT2D eigenvalue weighted by Crippen LogP contribution is 2.08. The Kier molecular flexibility index (Phi) is 2.64. The third kappa shape index (κ3) is 2.13. The van der Waals surface area contributed by atoms with Crippen molar-refractivity contribution in [3.63, 3.8) is 0 Å². The molecule has 5 heteroatoms. The van der Waals surface area contributed by atoms with Gasteiger partial charge in [0.2, 0.25) is 0 Å². The van der Waals surface area contributed by atoms with E-state index >= 15 is 0 Å². The Labute approximate surface area is 85.6 Å². The van der Waals surface area contributed by atoms with Crippen LogP contribution in [0.4, 0.5) is 0 Å². The molecule has 0 aliphatic rings. The average Bonchev–Trinajstić information content (AvgIpc) is 2.69. The Morgan fingerprint density at radius 2 is 2.13 bits per heavy atom. The van der Waals surface area contributed by atoms with Gasteiger partial charge in [0.1, 0.15) is 18.1 Å². The standard InChI is InChI=1S/C10H10N2O3/c13-6-9-2-1-8(15-9)5-12-7-11-4-3-10(12)14/h1-4,7,13H,5-6H2. The molecule has 0 bridgehead atoms. The van der Waals surface area contributed by atoms with Crippen LogP contribution in [-0.4, -0.2) is 14.7 Å². The number of nitrogens with zero attached hydrogens (tertiary/aromatic N) is 2. The molecule has 0 fully saturated rings. The van der Waals surface area contributed by atoms with Crippen LogP contribution in [0.5, 0.6) is 0 Å². The quantitative estimate of drug-likeness (QED) is 0.788. The molecule has 0 saturated heterocycles. The Hall–Kier alpha value is -1.88. The van der Waals surface area contributed by atoms with Crippen molar-refractivity contribution in [1.82, 2.24) is 9.55 Å². The predicted octanol–water partition coefficient (Wildman–Crippen LogP) is 0.377. The van der Waals surface area contributed by atoms with Crippen LogP contribution in [0.2, 0.25) is 0 Å². The number of rotatable bonds is 3. The molecule has 0 aromatic carbocycles. The molecule has 0 spiro atoms. The third-order valence-corrected chi connectivity index (χ3v) is 1.99. The summed E-state index contributed by atoms with van der Waals surface area (Å²) in [5.41, 5.74) is -0.132. The van der Waals surface area contributed by atoms with E-state index in [1.807, 2.05) is 0 Å². The molecule has 0 saturated carbocycles. The highest BCUT2D eigenvalue weighted by molar-refractivity contribution is 5.06. The number of furan rings is 1. The first-order valence-corrected chi connectivity index (χ1v) is 4.48. The summed E-state index contributed by atoms with van der Waals surface area (Å²) in [6.45, 7) is 0.189. The Morgan fingerprint density at radius 1 is 1.33 bits per heavy atom. The second-order valence-corrected chi connectivity index (χ2v) is 3.07. The topological polar surface area (TPSA) is 68.3 Å². The number of hydrogen-bond donors (Lipinski definition) is 1. The fourth-order valence-electron chi connectivity index (χ4n) is 1.26.